The quantitative estimate of drug-likeness (QED) is 0.385. The molecule has 0 spiro atoms. The zero-order valence-electron chi connectivity index (χ0n) is 15.1. The monoisotopic (exact) mass is 386 g/mol. The number of carboxylic acid groups (broad SMARTS) is 1. The van der Waals surface area contributed by atoms with Crippen LogP contribution in [0.4, 0.5) is 5.69 Å². The molecule has 2 atom stereocenters. The highest BCUT2D eigenvalue weighted by molar-refractivity contribution is 6.24. The van der Waals surface area contributed by atoms with E-state index in [1.807, 2.05) is 0 Å². The smallest absolute Gasteiger partial charge is 0.315 e. The van der Waals surface area contributed by atoms with Crippen molar-refractivity contribution in [2.24, 2.45) is 0 Å². The second-order valence-electron chi connectivity index (χ2n) is 6.62. The van der Waals surface area contributed by atoms with Crippen LogP contribution >= 0.6 is 0 Å². The third kappa shape index (κ3) is 3.99. The fourth-order valence-corrected chi connectivity index (χ4v) is 3.39. The maximum absolute atomic E-state index is 12.9. The van der Waals surface area contributed by atoms with Crippen LogP contribution in [-0.4, -0.2) is 63.3 Å². The van der Waals surface area contributed by atoms with E-state index >= 15 is 0 Å². The number of aliphatic hydroxyl groups is 1. The molecule has 148 valence electrons. The van der Waals surface area contributed by atoms with E-state index in [0.29, 0.717) is 30.1 Å². The van der Waals surface area contributed by atoms with E-state index in [1.165, 1.54) is 0 Å². The molecule has 1 aromatic rings. The molecule has 9 nitrogen and oxygen atoms in total. The largest absolute Gasteiger partial charge is 0.783 e. The summed E-state index contributed by atoms with van der Waals surface area (Å²) >= 11 is 0. The van der Waals surface area contributed by atoms with E-state index in [9.17, 15) is 24.7 Å². The topological polar surface area (TPSA) is 133 Å². The van der Waals surface area contributed by atoms with Crippen LogP contribution in [0.15, 0.2) is 18.2 Å². The first-order chi connectivity index (χ1) is 13.4. The molecule has 0 aromatic heterocycles. The van der Waals surface area contributed by atoms with Gasteiger partial charge in [0.2, 0.25) is 0 Å². The van der Waals surface area contributed by atoms with Gasteiger partial charge >= 0.3 is 5.97 Å². The highest BCUT2D eigenvalue weighted by atomic mass is 16.5. The fraction of sp³-hybridized carbons (Fsp3) is 0.421. The molecule has 0 aliphatic carbocycles. The standard InChI is InChI=1S/C19H20N3O6/c23-15-9-8-12(11-21(15)28)22-18(26)13-5-4-6-14(17(13)19(22)27)20-10-3-1-2-7-16(24)25/h4-6,12,15,20,23H,3,7-11H2,(H,24,25)/q-1. The number of carbonyl (C=O) groups excluding carboxylic acids is 2. The third-order valence-corrected chi connectivity index (χ3v) is 4.72. The number of hydrogen-bond donors (Lipinski definition) is 3. The van der Waals surface area contributed by atoms with E-state index in [0.717, 1.165) is 4.90 Å². The zero-order valence-corrected chi connectivity index (χ0v) is 15.1. The molecule has 3 rings (SSSR count). The Morgan fingerprint density at radius 3 is 2.75 bits per heavy atom. The van der Waals surface area contributed by atoms with Crippen molar-refractivity contribution in [2.45, 2.75) is 38.0 Å². The number of carboxylic acids is 1. The summed E-state index contributed by atoms with van der Waals surface area (Å²) in [6, 6.07) is 4.34. The number of aliphatic hydroxyl groups excluding tert-OH is 1. The van der Waals surface area contributed by atoms with E-state index in [-0.39, 0.29) is 30.5 Å². The first-order valence-corrected chi connectivity index (χ1v) is 8.94. The summed E-state index contributed by atoms with van der Waals surface area (Å²) < 4.78 is 0. The van der Waals surface area contributed by atoms with Crippen molar-refractivity contribution in [3.63, 3.8) is 0 Å². The van der Waals surface area contributed by atoms with Crippen molar-refractivity contribution < 1.29 is 24.6 Å². The number of fused-ring (bicyclic) bond motifs is 1. The van der Waals surface area contributed by atoms with Gasteiger partial charge in [0.05, 0.1) is 23.4 Å². The normalized spacial score (nSPS) is 21.9. The molecular formula is C19H20N3O6-. The molecule has 2 amide bonds. The Hall–Kier alpha value is -2.93. The van der Waals surface area contributed by atoms with E-state index in [4.69, 9.17) is 5.11 Å². The van der Waals surface area contributed by atoms with E-state index < -0.39 is 30.1 Å². The van der Waals surface area contributed by atoms with Gasteiger partial charge in [-0.25, -0.2) is 0 Å². The van der Waals surface area contributed by atoms with Crippen LogP contribution in [0.25, 0.3) is 0 Å². The molecule has 9 heteroatoms. The van der Waals surface area contributed by atoms with Crippen LogP contribution in [0.5, 0.6) is 0 Å². The fourth-order valence-electron chi connectivity index (χ4n) is 3.39. The first kappa shape index (κ1) is 19.8. The Kier molecular flexibility index (Phi) is 5.94. The molecule has 2 aliphatic heterocycles. The zero-order chi connectivity index (χ0) is 20.3. The lowest BCUT2D eigenvalue weighted by Crippen LogP contribution is -2.51. The van der Waals surface area contributed by atoms with Gasteiger partial charge < -0.3 is 25.8 Å². The van der Waals surface area contributed by atoms with Gasteiger partial charge in [0, 0.05) is 25.2 Å². The molecule has 0 saturated carbocycles. The molecule has 0 bridgehead atoms. The summed E-state index contributed by atoms with van der Waals surface area (Å²) in [6.07, 6.45) is -0.384. The summed E-state index contributed by atoms with van der Waals surface area (Å²) in [4.78, 5) is 37.2. The van der Waals surface area contributed by atoms with Crippen LogP contribution in [0.2, 0.25) is 0 Å². The lowest BCUT2D eigenvalue weighted by molar-refractivity contribution is -0.135. The molecule has 1 aromatic carbocycles. The average molecular weight is 386 g/mol. The van der Waals surface area contributed by atoms with Gasteiger partial charge in [-0.15, -0.1) is 5.92 Å². The maximum Gasteiger partial charge on any atom is 0.315 e. The third-order valence-electron chi connectivity index (χ3n) is 4.72. The van der Waals surface area contributed by atoms with Gasteiger partial charge in [0.15, 0.2) is 0 Å². The number of nitrogens with one attached hydrogen (secondary N) is 1. The number of carbonyl (C=O) groups is 3. The Bertz CT molecular complexity index is 859. The summed E-state index contributed by atoms with van der Waals surface area (Å²) in [5, 5.41) is 33.4. The number of benzene rings is 1. The Morgan fingerprint density at radius 2 is 2.04 bits per heavy atom. The molecule has 2 aliphatic rings. The molecule has 1 fully saturated rings. The lowest BCUT2D eigenvalue weighted by Gasteiger charge is -2.43. The lowest BCUT2D eigenvalue weighted by atomic mass is 10.0. The van der Waals surface area contributed by atoms with Crippen molar-refractivity contribution in [3.8, 4) is 11.8 Å². The predicted octanol–water partition coefficient (Wildman–Crippen LogP) is 0.843. The van der Waals surface area contributed by atoms with Gasteiger partial charge in [0.1, 0.15) is 6.42 Å². The van der Waals surface area contributed by atoms with Crippen LogP contribution in [0, 0.1) is 17.0 Å². The summed E-state index contributed by atoms with van der Waals surface area (Å²) in [7, 11) is 0. The first-order valence-electron chi connectivity index (χ1n) is 8.94. The minimum atomic E-state index is -1.11. The van der Waals surface area contributed by atoms with Gasteiger partial charge in [-0.1, -0.05) is 12.0 Å². The van der Waals surface area contributed by atoms with Crippen molar-refractivity contribution in [1.29, 1.82) is 0 Å². The summed E-state index contributed by atoms with van der Waals surface area (Å²) in [5.74, 6) is 3.35. The Labute approximate surface area is 161 Å². The van der Waals surface area contributed by atoms with E-state index in [2.05, 4.69) is 17.2 Å². The summed E-state index contributed by atoms with van der Waals surface area (Å²) in [5.41, 5.74) is 1.03. The van der Waals surface area contributed by atoms with Crippen molar-refractivity contribution >= 4 is 23.5 Å². The van der Waals surface area contributed by atoms with Crippen LogP contribution < -0.4 is 5.32 Å². The molecule has 2 heterocycles. The van der Waals surface area contributed by atoms with E-state index in [1.54, 1.807) is 18.2 Å². The number of hydrogen-bond acceptors (Lipinski definition) is 7. The van der Waals surface area contributed by atoms with Crippen molar-refractivity contribution in [1.82, 2.24) is 9.96 Å². The number of anilines is 1. The molecule has 2 unspecified atom stereocenters. The molecule has 0 radical (unpaired) electrons. The van der Waals surface area contributed by atoms with Crippen molar-refractivity contribution in [3.05, 3.63) is 34.5 Å². The second-order valence-corrected chi connectivity index (χ2v) is 6.62. The number of piperidine rings is 1. The van der Waals surface area contributed by atoms with Gasteiger partial charge in [-0.3, -0.25) is 19.3 Å². The minimum Gasteiger partial charge on any atom is -0.783 e. The Balaban J connectivity index is 1.71. The van der Waals surface area contributed by atoms with Gasteiger partial charge in [-0.2, -0.15) is 0 Å². The average Bonchev–Trinajstić information content (AvgIpc) is 2.92. The van der Waals surface area contributed by atoms with Gasteiger partial charge in [-0.05, 0) is 25.0 Å². The number of rotatable bonds is 5. The van der Waals surface area contributed by atoms with Crippen LogP contribution in [-0.2, 0) is 4.79 Å². The molecule has 3 N–H and O–H groups in total. The van der Waals surface area contributed by atoms with Crippen LogP contribution in [0.3, 0.4) is 0 Å². The van der Waals surface area contributed by atoms with Crippen molar-refractivity contribution in [2.75, 3.05) is 18.4 Å². The number of aliphatic carboxylic acids is 1. The maximum atomic E-state index is 12.9. The number of amides is 2. The summed E-state index contributed by atoms with van der Waals surface area (Å²) in [6.45, 7) is 0.267. The molecular weight excluding hydrogens is 366 g/mol. The molecule has 28 heavy (non-hydrogen) atoms. The van der Waals surface area contributed by atoms with Gasteiger partial charge in [0.25, 0.3) is 11.8 Å². The highest BCUT2D eigenvalue weighted by Gasteiger charge is 2.42. The number of nitrogens with zero attached hydrogens (tertiary/aromatic N) is 2. The highest BCUT2D eigenvalue weighted by Crippen LogP contribution is 2.33. The second kappa shape index (κ2) is 8.39. The van der Waals surface area contributed by atoms with Crippen LogP contribution in [0.1, 0.15) is 46.4 Å². The Morgan fingerprint density at radius 1 is 1.25 bits per heavy atom. The number of imide groups is 1. The SMILES string of the molecule is O=C(O)CC#CCCNc1cccc2c1C(=O)N(C1CCC(O)N([O-])C1)C2=O. The minimum absolute atomic E-state index is 0.117. The molecule has 1 saturated heterocycles. The predicted molar refractivity (Wildman–Crippen MR) is 99.2 cm³/mol. The number of hydroxylamine groups is 2.